The van der Waals surface area contributed by atoms with E-state index in [-0.39, 0.29) is 5.75 Å². The van der Waals surface area contributed by atoms with Gasteiger partial charge in [0, 0.05) is 25.4 Å². The Labute approximate surface area is 158 Å². The van der Waals surface area contributed by atoms with Gasteiger partial charge in [-0.15, -0.1) is 13.2 Å². The lowest BCUT2D eigenvalue weighted by Gasteiger charge is -2.14. The molecule has 2 amide bonds. The Balaban J connectivity index is 2.17. The first-order chi connectivity index (χ1) is 12.8. The maximum atomic E-state index is 12.1. The van der Waals surface area contributed by atoms with Crippen molar-refractivity contribution in [2.45, 2.75) is 52.3 Å². The number of ether oxygens (including phenoxy) is 2. The van der Waals surface area contributed by atoms with E-state index >= 15 is 0 Å². The van der Waals surface area contributed by atoms with Gasteiger partial charge in [0.1, 0.15) is 5.75 Å². The molecule has 0 saturated heterocycles. The van der Waals surface area contributed by atoms with Crippen LogP contribution in [0.1, 0.15) is 46.0 Å². The minimum Gasteiger partial charge on any atom is -0.406 e. The molecule has 0 radical (unpaired) electrons. The Morgan fingerprint density at radius 3 is 2.44 bits per heavy atom. The second-order valence-electron chi connectivity index (χ2n) is 6.30. The number of hydrogen-bond acceptors (Lipinski definition) is 3. The van der Waals surface area contributed by atoms with Crippen LogP contribution in [0.3, 0.4) is 0 Å². The second kappa shape index (κ2) is 12.4. The molecule has 0 aliphatic rings. The van der Waals surface area contributed by atoms with E-state index in [1.54, 1.807) is 0 Å². The lowest BCUT2D eigenvalue weighted by molar-refractivity contribution is -0.274. The normalized spacial score (nSPS) is 12.5. The molecule has 27 heavy (non-hydrogen) atoms. The number of alkyl halides is 3. The Morgan fingerprint density at radius 1 is 1.15 bits per heavy atom. The fourth-order valence-corrected chi connectivity index (χ4v) is 2.44. The number of anilines is 1. The zero-order chi connectivity index (χ0) is 20.1. The number of hydrogen-bond donors (Lipinski definition) is 2. The number of unbranched alkanes of at least 4 members (excludes halogenated alkanes) is 1. The highest BCUT2D eigenvalue weighted by Crippen LogP contribution is 2.23. The van der Waals surface area contributed by atoms with Gasteiger partial charge in [0.15, 0.2) is 0 Å². The molecule has 1 aromatic rings. The largest absolute Gasteiger partial charge is 0.573 e. The van der Waals surface area contributed by atoms with E-state index in [0.29, 0.717) is 31.2 Å². The highest BCUT2D eigenvalue weighted by atomic mass is 19.4. The molecule has 0 aromatic heterocycles. The summed E-state index contributed by atoms with van der Waals surface area (Å²) >= 11 is 0. The third-order valence-electron chi connectivity index (χ3n) is 3.99. The first-order valence-corrected chi connectivity index (χ1v) is 9.32. The molecule has 1 rings (SSSR count). The van der Waals surface area contributed by atoms with Gasteiger partial charge >= 0.3 is 12.4 Å². The van der Waals surface area contributed by atoms with Crippen molar-refractivity contribution in [3.63, 3.8) is 0 Å². The lowest BCUT2D eigenvalue weighted by Crippen LogP contribution is -2.30. The van der Waals surface area contributed by atoms with E-state index in [0.717, 1.165) is 25.2 Å². The highest BCUT2D eigenvalue weighted by Gasteiger charge is 2.30. The molecule has 0 aliphatic heterocycles. The number of nitrogens with one attached hydrogen (secondary N) is 2. The monoisotopic (exact) mass is 390 g/mol. The van der Waals surface area contributed by atoms with Gasteiger partial charge in [0.05, 0.1) is 0 Å². The van der Waals surface area contributed by atoms with Gasteiger partial charge in [-0.3, -0.25) is 0 Å². The third kappa shape index (κ3) is 11.4. The minimum absolute atomic E-state index is 0.338. The maximum absolute atomic E-state index is 12.1. The first-order valence-electron chi connectivity index (χ1n) is 9.32. The highest BCUT2D eigenvalue weighted by molar-refractivity contribution is 5.89. The van der Waals surface area contributed by atoms with Crippen molar-refractivity contribution in [1.29, 1.82) is 0 Å². The van der Waals surface area contributed by atoms with Gasteiger partial charge in [-0.2, -0.15) is 0 Å². The van der Waals surface area contributed by atoms with E-state index in [1.165, 1.54) is 31.4 Å². The van der Waals surface area contributed by atoms with E-state index in [1.807, 2.05) is 0 Å². The van der Waals surface area contributed by atoms with Crippen LogP contribution in [-0.4, -0.2) is 32.2 Å². The number of halogens is 3. The summed E-state index contributed by atoms with van der Waals surface area (Å²) in [5, 5.41) is 5.22. The van der Waals surface area contributed by atoms with Crippen molar-refractivity contribution in [3.8, 4) is 5.75 Å². The Morgan fingerprint density at radius 2 is 1.85 bits per heavy atom. The molecule has 0 spiro atoms. The van der Waals surface area contributed by atoms with Crippen molar-refractivity contribution >= 4 is 11.7 Å². The van der Waals surface area contributed by atoms with E-state index in [4.69, 9.17) is 4.74 Å². The fraction of sp³-hybridized carbons (Fsp3) is 0.632. The fourth-order valence-electron chi connectivity index (χ4n) is 2.44. The van der Waals surface area contributed by atoms with Crippen LogP contribution in [0.15, 0.2) is 24.3 Å². The summed E-state index contributed by atoms with van der Waals surface area (Å²) in [6, 6.07) is 4.53. The van der Waals surface area contributed by atoms with Crippen LogP contribution in [0.2, 0.25) is 0 Å². The van der Waals surface area contributed by atoms with Crippen LogP contribution in [0.4, 0.5) is 23.7 Å². The minimum atomic E-state index is -4.73. The van der Waals surface area contributed by atoms with Crippen LogP contribution >= 0.6 is 0 Å². The molecular formula is C19H29F3N2O3. The molecule has 5 nitrogen and oxygen atoms in total. The zero-order valence-corrected chi connectivity index (χ0v) is 15.9. The topological polar surface area (TPSA) is 59.6 Å². The van der Waals surface area contributed by atoms with E-state index < -0.39 is 12.4 Å². The quantitative estimate of drug-likeness (QED) is 0.474. The number of amides is 2. The number of rotatable bonds is 12. The molecule has 154 valence electrons. The predicted molar refractivity (Wildman–Crippen MR) is 98.9 cm³/mol. The van der Waals surface area contributed by atoms with E-state index in [2.05, 4.69) is 29.2 Å². The van der Waals surface area contributed by atoms with Gasteiger partial charge in [0.25, 0.3) is 0 Å². The summed E-state index contributed by atoms with van der Waals surface area (Å²) in [6.45, 7) is 6.11. The van der Waals surface area contributed by atoms with Gasteiger partial charge in [0.2, 0.25) is 0 Å². The summed E-state index contributed by atoms with van der Waals surface area (Å²) in [7, 11) is 0. The predicted octanol–water partition coefficient (Wildman–Crippen LogP) is 5.33. The maximum Gasteiger partial charge on any atom is 0.573 e. The lowest BCUT2D eigenvalue weighted by atomic mass is 10.0. The average Bonchev–Trinajstić information content (AvgIpc) is 2.61. The number of urea groups is 1. The molecule has 0 saturated carbocycles. The molecule has 8 heteroatoms. The summed E-state index contributed by atoms with van der Waals surface area (Å²) in [4.78, 5) is 11.8. The van der Waals surface area contributed by atoms with Gasteiger partial charge < -0.3 is 20.1 Å². The Kier molecular flexibility index (Phi) is 10.6. The standard InChI is InChI=1S/C19H29F3N2O3/c1-3-5-7-15(4-2)14-26-13-6-12-23-18(25)24-16-8-10-17(11-9-16)27-19(20,21)22/h8-11,15H,3-7,12-14H2,1-2H3,(H2,23,24,25). The number of carbonyl (C=O) groups is 1. The Bertz CT molecular complexity index is 536. The van der Waals surface area contributed by atoms with Crippen molar-refractivity contribution < 1.29 is 27.4 Å². The molecule has 1 unspecified atom stereocenters. The molecular weight excluding hydrogens is 361 g/mol. The SMILES string of the molecule is CCCCC(CC)COCCCNC(=O)Nc1ccc(OC(F)(F)F)cc1. The number of carbonyl (C=O) groups excluding carboxylic acids is 1. The van der Waals surface area contributed by atoms with Crippen molar-refractivity contribution in [3.05, 3.63) is 24.3 Å². The summed E-state index contributed by atoms with van der Waals surface area (Å²) < 4.78 is 45.7. The van der Waals surface area contributed by atoms with E-state index in [9.17, 15) is 18.0 Å². The molecule has 0 fully saturated rings. The van der Waals surface area contributed by atoms with Crippen LogP contribution in [0.5, 0.6) is 5.75 Å². The average molecular weight is 390 g/mol. The molecule has 0 aliphatic carbocycles. The molecule has 1 atom stereocenters. The van der Waals surface area contributed by atoms with Crippen LogP contribution in [-0.2, 0) is 4.74 Å². The molecule has 0 heterocycles. The zero-order valence-electron chi connectivity index (χ0n) is 15.9. The summed E-state index contributed by atoms with van der Waals surface area (Å²) in [5.41, 5.74) is 0.375. The summed E-state index contributed by atoms with van der Waals surface area (Å²) in [5.74, 6) is 0.250. The molecule has 1 aromatic carbocycles. The Hall–Kier alpha value is -1.96. The van der Waals surface area contributed by atoms with Crippen LogP contribution in [0, 0.1) is 5.92 Å². The van der Waals surface area contributed by atoms with Crippen LogP contribution < -0.4 is 15.4 Å². The van der Waals surface area contributed by atoms with Gasteiger partial charge in [-0.05, 0) is 43.0 Å². The van der Waals surface area contributed by atoms with Crippen molar-refractivity contribution in [1.82, 2.24) is 5.32 Å². The van der Waals surface area contributed by atoms with Gasteiger partial charge in [-0.25, -0.2) is 4.79 Å². The van der Waals surface area contributed by atoms with Crippen LogP contribution in [0.25, 0.3) is 0 Å². The smallest absolute Gasteiger partial charge is 0.406 e. The summed E-state index contributed by atoms with van der Waals surface area (Å²) in [6.07, 6.45) is 0.645. The first kappa shape index (κ1) is 23.1. The van der Waals surface area contributed by atoms with Gasteiger partial charge in [-0.1, -0.05) is 33.1 Å². The van der Waals surface area contributed by atoms with Crippen molar-refractivity contribution in [2.75, 3.05) is 25.1 Å². The molecule has 0 bridgehead atoms. The van der Waals surface area contributed by atoms with Crippen molar-refractivity contribution in [2.24, 2.45) is 5.92 Å². The second-order valence-corrected chi connectivity index (χ2v) is 6.30. The molecule has 2 N–H and O–H groups in total. The third-order valence-corrected chi connectivity index (χ3v) is 3.99. The number of benzene rings is 1.